The molecule has 0 bridgehead atoms. The van der Waals surface area contributed by atoms with Crippen LogP contribution in [-0.4, -0.2) is 109 Å². The monoisotopic (exact) mass is 686 g/mol. The molecule has 3 aliphatic heterocycles. The summed E-state index contributed by atoms with van der Waals surface area (Å²) in [7, 11) is 0. The van der Waals surface area contributed by atoms with Crippen molar-refractivity contribution in [1.29, 1.82) is 0 Å². The summed E-state index contributed by atoms with van der Waals surface area (Å²) in [5.74, 6) is -2.40. The lowest BCUT2D eigenvalue weighted by Crippen LogP contribution is -2.61. The fraction of sp³-hybridized carbons (Fsp3) is 0.778. The Morgan fingerprint density at radius 1 is 1.06 bits per heavy atom. The van der Waals surface area contributed by atoms with Crippen LogP contribution in [0.1, 0.15) is 92.4 Å². The van der Waals surface area contributed by atoms with Gasteiger partial charge in [0.15, 0.2) is 0 Å². The van der Waals surface area contributed by atoms with Crippen molar-refractivity contribution >= 4 is 35.4 Å². The van der Waals surface area contributed by atoms with E-state index in [0.29, 0.717) is 45.5 Å². The first-order valence-electron chi connectivity index (χ1n) is 18.1. The Morgan fingerprint density at radius 3 is 2.47 bits per heavy atom. The Hall–Kier alpha value is -3.48. The number of hydrogen-bond acceptors (Lipinski definition) is 7. The van der Waals surface area contributed by atoms with E-state index >= 15 is 0 Å². The number of nitrogens with one attached hydrogen (secondary N) is 4. The summed E-state index contributed by atoms with van der Waals surface area (Å²) in [5, 5.41) is 11.2. The van der Waals surface area contributed by atoms with Crippen LogP contribution in [0.4, 0.5) is 4.79 Å². The van der Waals surface area contributed by atoms with Crippen LogP contribution < -0.4 is 21.3 Å². The maximum atomic E-state index is 14.3. The third kappa shape index (κ3) is 9.61. The van der Waals surface area contributed by atoms with Crippen molar-refractivity contribution in [3.05, 3.63) is 12.7 Å². The van der Waals surface area contributed by atoms with Crippen molar-refractivity contribution in [3.63, 3.8) is 0 Å². The van der Waals surface area contributed by atoms with Gasteiger partial charge in [0.25, 0.3) is 5.91 Å². The van der Waals surface area contributed by atoms with E-state index in [1.165, 1.54) is 11.0 Å². The molecule has 1 aliphatic carbocycles. The lowest BCUT2D eigenvalue weighted by molar-refractivity contribution is -0.144. The molecule has 3 saturated heterocycles. The molecule has 0 unspecified atom stereocenters. The van der Waals surface area contributed by atoms with Crippen molar-refractivity contribution in [1.82, 2.24) is 31.1 Å². The van der Waals surface area contributed by atoms with E-state index < -0.39 is 47.7 Å². The van der Waals surface area contributed by atoms with E-state index in [1.54, 1.807) is 4.90 Å². The van der Waals surface area contributed by atoms with Crippen molar-refractivity contribution in [2.24, 2.45) is 22.7 Å². The summed E-state index contributed by atoms with van der Waals surface area (Å²) in [5.41, 5.74) is -0.569. The fourth-order valence-corrected chi connectivity index (χ4v) is 7.58. The number of hydrogen-bond donors (Lipinski definition) is 4. The van der Waals surface area contributed by atoms with Gasteiger partial charge < -0.3 is 35.8 Å². The molecule has 6 atom stereocenters. The van der Waals surface area contributed by atoms with Crippen molar-refractivity contribution in [3.8, 4) is 0 Å². The topological polar surface area (TPSA) is 166 Å². The quantitative estimate of drug-likeness (QED) is 0.225. The van der Waals surface area contributed by atoms with E-state index in [-0.39, 0.29) is 47.8 Å². The highest BCUT2D eigenvalue weighted by molar-refractivity contribution is 6.38. The third-order valence-corrected chi connectivity index (χ3v) is 10.9. The standard InChI is InChI=1S/C36H58N6O7/c1-7-17-37-32(46)30(44)24-15-11-9-8-10-14-19-49-22-25(33(47)42-20-23-28(36(23,5)6)29(42)31(45)38-24)39-34(48)40-26(35(2,3)4)21-41-18-13-12-16-27(41)43/h7,23-26,28-29H,1,8-22H2,2-6H3,(H,37,46)(H,38,45)(H2,39,40,48)/t23-,24-,25-,26+,28-,29-/m0/s1. The van der Waals surface area contributed by atoms with Crippen molar-refractivity contribution in [2.75, 3.05) is 39.4 Å². The van der Waals surface area contributed by atoms with Crippen LogP contribution in [0.2, 0.25) is 0 Å². The Labute approximate surface area is 291 Å². The molecule has 0 radical (unpaired) electrons. The lowest BCUT2D eigenvalue weighted by Gasteiger charge is -2.38. The highest BCUT2D eigenvalue weighted by Gasteiger charge is 2.69. The van der Waals surface area contributed by atoms with Crippen LogP contribution in [0.15, 0.2) is 12.7 Å². The van der Waals surface area contributed by atoms with E-state index in [2.05, 4.69) is 41.7 Å². The van der Waals surface area contributed by atoms with Gasteiger partial charge in [0.2, 0.25) is 23.5 Å². The van der Waals surface area contributed by atoms with Gasteiger partial charge in [-0.2, -0.15) is 0 Å². The van der Waals surface area contributed by atoms with Crippen LogP contribution in [0.25, 0.3) is 0 Å². The number of carbonyl (C=O) groups is 6. The second-order valence-corrected chi connectivity index (χ2v) is 15.8. The number of ether oxygens (including phenoxy) is 1. The molecular formula is C36H58N6O7. The Bertz CT molecular complexity index is 1260. The predicted octanol–water partition coefficient (Wildman–Crippen LogP) is 2.29. The van der Waals surface area contributed by atoms with Gasteiger partial charge in [-0.1, -0.05) is 66.4 Å². The number of piperidine rings is 2. The molecule has 13 nitrogen and oxygen atoms in total. The summed E-state index contributed by atoms with van der Waals surface area (Å²) < 4.78 is 5.95. The largest absolute Gasteiger partial charge is 0.379 e. The zero-order valence-corrected chi connectivity index (χ0v) is 30.1. The number of Topliss-reactive ketones (excluding diaryl/α,β-unsaturated/α-hetero) is 1. The molecule has 0 aromatic heterocycles. The number of carbonyl (C=O) groups excluding carboxylic acids is 6. The Kier molecular flexibility index (Phi) is 12.9. The van der Waals surface area contributed by atoms with E-state index in [9.17, 15) is 28.8 Å². The number of fused-ring (bicyclic) bond motifs is 3. The average Bonchev–Trinajstić information content (AvgIpc) is 3.35. The van der Waals surface area contributed by atoms with Crippen LogP contribution in [0, 0.1) is 22.7 Å². The second kappa shape index (κ2) is 16.5. The molecule has 4 aliphatic rings. The number of amides is 6. The van der Waals surface area contributed by atoms with E-state index in [0.717, 1.165) is 38.5 Å². The molecule has 3 heterocycles. The SMILES string of the molecule is C=CCNC(=O)C(=O)[C@@H]1CCCCCCCOC[C@H](NC(=O)N[C@H](CN2CCCCC2=O)C(C)(C)C)C(=O)N2C[C@H]3[C@@H]([C@H]2C(=O)N1)C3(C)C. The summed E-state index contributed by atoms with van der Waals surface area (Å²) in [6, 6.07) is -3.89. The van der Waals surface area contributed by atoms with Gasteiger partial charge in [0.1, 0.15) is 12.1 Å². The fourth-order valence-electron chi connectivity index (χ4n) is 7.58. The van der Waals surface area contributed by atoms with Crippen LogP contribution in [-0.2, 0) is 28.7 Å². The van der Waals surface area contributed by atoms with Gasteiger partial charge in [-0.05, 0) is 48.3 Å². The van der Waals surface area contributed by atoms with Gasteiger partial charge in [0, 0.05) is 39.2 Å². The first-order chi connectivity index (χ1) is 23.2. The molecule has 0 aromatic rings. The molecule has 49 heavy (non-hydrogen) atoms. The lowest BCUT2D eigenvalue weighted by atomic mass is 9.86. The van der Waals surface area contributed by atoms with Gasteiger partial charge in [-0.15, -0.1) is 6.58 Å². The zero-order valence-electron chi connectivity index (χ0n) is 30.1. The first-order valence-corrected chi connectivity index (χ1v) is 18.1. The van der Waals surface area contributed by atoms with Crippen molar-refractivity contribution < 1.29 is 33.5 Å². The molecule has 4 N–H and O–H groups in total. The van der Waals surface area contributed by atoms with Crippen LogP contribution in [0.5, 0.6) is 0 Å². The predicted molar refractivity (Wildman–Crippen MR) is 184 cm³/mol. The average molecular weight is 687 g/mol. The molecule has 1 saturated carbocycles. The summed E-state index contributed by atoms with van der Waals surface area (Å²) in [6.07, 6.45) is 8.05. The summed E-state index contributed by atoms with van der Waals surface area (Å²) in [4.78, 5) is 83.6. The Morgan fingerprint density at radius 2 is 1.78 bits per heavy atom. The van der Waals surface area contributed by atoms with Gasteiger partial charge >= 0.3 is 6.03 Å². The summed E-state index contributed by atoms with van der Waals surface area (Å²) >= 11 is 0. The highest BCUT2D eigenvalue weighted by atomic mass is 16.5. The minimum atomic E-state index is -1.07. The minimum absolute atomic E-state index is 0.0643. The molecule has 274 valence electrons. The molecule has 6 amide bonds. The van der Waals surface area contributed by atoms with Crippen molar-refractivity contribution in [2.45, 2.75) is 117 Å². The smallest absolute Gasteiger partial charge is 0.315 e. The molecule has 0 spiro atoms. The van der Waals surface area contributed by atoms with Crippen LogP contribution >= 0.6 is 0 Å². The third-order valence-electron chi connectivity index (χ3n) is 10.9. The number of urea groups is 1. The maximum absolute atomic E-state index is 14.3. The molecule has 0 aromatic carbocycles. The zero-order chi connectivity index (χ0) is 35.9. The van der Waals surface area contributed by atoms with Gasteiger partial charge in [0.05, 0.1) is 18.7 Å². The van der Waals surface area contributed by atoms with Crippen LogP contribution in [0.3, 0.4) is 0 Å². The number of nitrogens with zero attached hydrogens (tertiary/aromatic N) is 2. The highest BCUT2D eigenvalue weighted by Crippen LogP contribution is 2.64. The number of rotatable bonds is 8. The Balaban J connectivity index is 1.54. The molecule has 13 heteroatoms. The van der Waals surface area contributed by atoms with E-state index in [4.69, 9.17) is 4.74 Å². The molecular weight excluding hydrogens is 628 g/mol. The number of ketones is 1. The van der Waals surface area contributed by atoms with Gasteiger partial charge in [-0.3, -0.25) is 24.0 Å². The maximum Gasteiger partial charge on any atom is 0.315 e. The minimum Gasteiger partial charge on any atom is -0.379 e. The molecule has 4 rings (SSSR count). The van der Waals surface area contributed by atoms with Gasteiger partial charge in [-0.25, -0.2) is 4.79 Å². The second-order valence-electron chi connectivity index (χ2n) is 15.8. The summed E-state index contributed by atoms with van der Waals surface area (Å²) in [6.45, 7) is 15.5. The number of likely N-dealkylation sites (tertiary alicyclic amines) is 1. The molecule has 4 fully saturated rings. The first kappa shape index (κ1) is 38.3. The normalized spacial score (nSPS) is 28.8. The van der Waals surface area contributed by atoms with E-state index in [1.807, 2.05) is 20.8 Å².